The second kappa shape index (κ2) is 7.53. The molecule has 0 aliphatic carbocycles. The van der Waals surface area contributed by atoms with Crippen molar-refractivity contribution in [2.75, 3.05) is 17.9 Å². The van der Waals surface area contributed by atoms with Crippen LogP contribution in [0.25, 0.3) is 0 Å². The topological polar surface area (TPSA) is 64.6 Å². The van der Waals surface area contributed by atoms with Crippen LogP contribution in [0.4, 0.5) is 10.1 Å². The maximum Gasteiger partial charge on any atom is 0.265 e. The van der Waals surface area contributed by atoms with Crippen molar-refractivity contribution in [1.82, 2.24) is 0 Å². The molecule has 0 aliphatic heterocycles. The van der Waals surface area contributed by atoms with Crippen molar-refractivity contribution in [2.24, 2.45) is 0 Å². The number of aryl methyl sites for hydroxylation is 1. The van der Waals surface area contributed by atoms with Gasteiger partial charge in [0.25, 0.3) is 10.0 Å². The fourth-order valence-corrected chi connectivity index (χ4v) is 3.36. The van der Waals surface area contributed by atoms with Crippen molar-refractivity contribution in [2.45, 2.75) is 25.7 Å². The zero-order valence-electron chi connectivity index (χ0n) is 13.8. The third kappa shape index (κ3) is 4.17. The van der Waals surface area contributed by atoms with Gasteiger partial charge in [0.05, 0.1) is 13.2 Å². The van der Waals surface area contributed by atoms with Crippen molar-refractivity contribution in [3.05, 3.63) is 47.8 Å². The molecule has 0 saturated heterocycles. The van der Waals surface area contributed by atoms with Gasteiger partial charge in [0, 0.05) is 11.8 Å². The lowest BCUT2D eigenvalue weighted by atomic mass is 10.2. The molecule has 0 bridgehead atoms. The number of halogens is 1. The van der Waals surface area contributed by atoms with Gasteiger partial charge >= 0.3 is 0 Å². The van der Waals surface area contributed by atoms with Gasteiger partial charge in [0.2, 0.25) is 0 Å². The van der Waals surface area contributed by atoms with Gasteiger partial charge < -0.3 is 9.47 Å². The number of hydrogen-bond acceptors (Lipinski definition) is 4. The Bertz CT molecular complexity index is 804. The Balaban J connectivity index is 2.46. The lowest BCUT2D eigenvalue weighted by molar-refractivity contribution is 0.321. The summed E-state index contributed by atoms with van der Waals surface area (Å²) < 4.78 is 51.7. The van der Waals surface area contributed by atoms with E-state index >= 15 is 0 Å². The van der Waals surface area contributed by atoms with Crippen LogP contribution in [0.1, 0.15) is 19.4 Å². The minimum Gasteiger partial charge on any atom is -0.494 e. The molecule has 0 atom stereocenters. The highest BCUT2D eigenvalue weighted by atomic mass is 32.2. The summed E-state index contributed by atoms with van der Waals surface area (Å²) in [5.74, 6) is 0.274. The fraction of sp³-hybridized carbons (Fsp3) is 0.294. The van der Waals surface area contributed by atoms with Gasteiger partial charge in [-0.25, -0.2) is 12.8 Å². The summed E-state index contributed by atoms with van der Waals surface area (Å²) in [7, 11) is -3.91. The molecule has 0 saturated carbocycles. The smallest absolute Gasteiger partial charge is 0.265 e. The van der Waals surface area contributed by atoms with Crippen molar-refractivity contribution >= 4 is 15.7 Å². The lowest BCUT2D eigenvalue weighted by Gasteiger charge is -2.16. The molecule has 0 fully saturated rings. The van der Waals surface area contributed by atoms with Crippen LogP contribution in [0.5, 0.6) is 11.5 Å². The van der Waals surface area contributed by atoms with E-state index in [9.17, 15) is 12.8 Å². The number of benzene rings is 2. The maximum absolute atomic E-state index is 13.0. The average Bonchev–Trinajstić information content (AvgIpc) is 2.52. The molecule has 0 amide bonds. The van der Waals surface area contributed by atoms with E-state index in [-0.39, 0.29) is 16.3 Å². The standard InChI is InChI=1S/C17H20FNO4S/c1-4-22-15-11-17(16(23-5-2)10-12(15)3)24(20,21)19-14-8-6-13(18)7-9-14/h6-11,19H,4-5H2,1-3H3. The molecular weight excluding hydrogens is 333 g/mol. The van der Waals surface area contributed by atoms with Gasteiger partial charge in [-0.3, -0.25) is 4.72 Å². The molecule has 24 heavy (non-hydrogen) atoms. The summed E-state index contributed by atoms with van der Waals surface area (Å²) in [6, 6.07) is 8.14. The maximum atomic E-state index is 13.0. The molecule has 2 rings (SSSR count). The van der Waals surface area contributed by atoms with E-state index in [1.54, 1.807) is 13.0 Å². The Morgan fingerprint density at radius 3 is 2.17 bits per heavy atom. The van der Waals surface area contributed by atoms with Crippen molar-refractivity contribution < 1.29 is 22.3 Å². The van der Waals surface area contributed by atoms with Gasteiger partial charge in [-0.2, -0.15) is 0 Å². The number of nitrogens with one attached hydrogen (secondary N) is 1. The highest BCUT2D eigenvalue weighted by molar-refractivity contribution is 7.92. The third-order valence-electron chi connectivity index (χ3n) is 3.23. The van der Waals surface area contributed by atoms with Crippen LogP contribution in [-0.2, 0) is 10.0 Å². The first-order valence-electron chi connectivity index (χ1n) is 7.56. The molecule has 0 unspecified atom stereocenters. The number of sulfonamides is 1. The first-order chi connectivity index (χ1) is 11.4. The van der Waals surface area contributed by atoms with Gasteiger partial charge in [0.1, 0.15) is 22.2 Å². The second-order valence-corrected chi connectivity index (χ2v) is 6.69. The highest BCUT2D eigenvalue weighted by Crippen LogP contribution is 2.33. The summed E-state index contributed by atoms with van der Waals surface area (Å²) >= 11 is 0. The fourth-order valence-electron chi connectivity index (χ4n) is 2.16. The summed E-state index contributed by atoms with van der Waals surface area (Å²) in [6.07, 6.45) is 0. The van der Waals surface area contributed by atoms with E-state index in [4.69, 9.17) is 9.47 Å². The Morgan fingerprint density at radius 1 is 1.00 bits per heavy atom. The van der Waals surface area contributed by atoms with Crippen molar-refractivity contribution in [3.63, 3.8) is 0 Å². The molecular formula is C17H20FNO4S. The first-order valence-corrected chi connectivity index (χ1v) is 9.04. The molecule has 7 heteroatoms. The van der Waals surface area contributed by atoms with Gasteiger partial charge in [-0.1, -0.05) is 0 Å². The molecule has 2 aromatic rings. The van der Waals surface area contributed by atoms with Gasteiger partial charge in [-0.05, 0) is 56.7 Å². The number of rotatable bonds is 7. The van der Waals surface area contributed by atoms with E-state index in [1.807, 2.05) is 13.8 Å². The van der Waals surface area contributed by atoms with E-state index in [0.29, 0.717) is 19.0 Å². The minimum absolute atomic E-state index is 0.0253. The van der Waals surface area contributed by atoms with E-state index in [1.165, 1.54) is 30.3 Å². The summed E-state index contributed by atoms with van der Waals surface area (Å²) in [4.78, 5) is -0.0253. The van der Waals surface area contributed by atoms with Crippen molar-refractivity contribution in [3.8, 4) is 11.5 Å². The van der Waals surface area contributed by atoms with E-state index in [2.05, 4.69) is 4.72 Å². The predicted molar refractivity (Wildman–Crippen MR) is 90.7 cm³/mol. The van der Waals surface area contributed by atoms with Crippen LogP contribution < -0.4 is 14.2 Å². The van der Waals surface area contributed by atoms with E-state index in [0.717, 1.165) is 5.56 Å². The molecule has 5 nitrogen and oxygen atoms in total. The largest absolute Gasteiger partial charge is 0.494 e. The molecule has 130 valence electrons. The van der Waals surface area contributed by atoms with Gasteiger partial charge in [-0.15, -0.1) is 0 Å². The Morgan fingerprint density at radius 2 is 1.58 bits per heavy atom. The Labute approximate surface area is 141 Å². The Hall–Kier alpha value is -2.28. The second-order valence-electron chi connectivity index (χ2n) is 5.04. The number of anilines is 1. The zero-order valence-corrected chi connectivity index (χ0v) is 14.6. The van der Waals surface area contributed by atoms with Crippen LogP contribution in [-0.4, -0.2) is 21.6 Å². The van der Waals surface area contributed by atoms with Crippen LogP contribution in [0.15, 0.2) is 41.3 Å². The van der Waals surface area contributed by atoms with Crippen LogP contribution in [0.3, 0.4) is 0 Å². The quantitative estimate of drug-likeness (QED) is 0.824. The molecule has 0 heterocycles. The minimum atomic E-state index is -3.91. The highest BCUT2D eigenvalue weighted by Gasteiger charge is 2.22. The molecule has 0 spiro atoms. The SMILES string of the molecule is CCOc1cc(S(=O)(=O)Nc2ccc(F)cc2)c(OCC)cc1C. The normalized spacial score (nSPS) is 11.2. The monoisotopic (exact) mass is 353 g/mol. The molecule has 0 aromatic heterocycles. The van der Waals surface area contributed by atoms with Crippen molar-refractivity contribution in [1.29, 1.82) is 0 Å². The molecule has 0 aliphatic rings. The predicted octanol–water partition coefficient (Wildman–Crippen LogP) is 3.73. The molecule has 2 aromatic carbocycles. The van der Waals surface area contributed by atoms with Crippen LogP contribution in [0.2, 0.25) is 0 Å². The number of hydrogen-bond donors (Lipinski definition) is 1. The summed E-state index contributed by atoms with van der Waals surface area (Å²) in [6.45, 7) is 6.15. The average molecular weight is 353 g/mol. The number of ether oxygens (including phenoxy) is 2. The summed E-state index contributed by atoms with van der Waals surface area (Å²) in [5.41, 5.74) is 1.04. The summed E-state index contributed by atoms with van der Waals surface area (Å²) in [5, 5.41) is 0. The first kappa shape index (κ1) is 18.1. The lowest BCUT2D eigenvalue weighted by Crippen LogP contribution is -2.15. The zero-order chi connectivity index (χ0) is 17.7. The van der Waals surface area contributed by atoms with E-state index < -0.39 is 15.8 Å². The molecule has 1 N–H and O–H groups in total. The third-order valence-corrected chi connectivity index (χ3v) is 4.63. The van der Waals surface area contributed by atoms with Gasteiger partial charge in [0.15, 0.2) is 0 Å². The molecule has 0 radical (unpaired) electrons. The van der Waals surface area contributed by atoms with Crippen LogP contribution >= 0.6 is 0 Å². The Kier molecular flexibility index (Phi) is 5.66. The van der Waals surface area contributed by atoms with Crippen LogP contribution in [0, 0.1) is 12.7 Å².